The van der Waals surface area contributed by atoms with E-state index < -0.39 is 18.5 Å². The summed E-state index contributed by atoms with van der Waals surface area (Å²) >= 11 is 0. The van der Waals surface area contributed by atoms with Crippen LogP contribution in [0.25, 0.3) is 6.08 Å². The molecule has 0 aliphatic carbocycles. The molecule has 1 amide bonds. The van der Waals surface area contributed by atoms with E-state index in [1.54, 1.807) is 37.3 Å². The molecule has 1 atom stereocenters. The maximum Gasteiger partial charge on any atom is 0.331 e. The Morgan fingerprint density at radius 2 is 2.11 bits per heavy atom. The first-order valence-corrected chi connectivity index (χ1v) is 8.72. The van der Waals surface area contributed by atoms with Crippen LogP contribution in [-0.4, -0.2) is 38.8 Å². The van der Waals surface area contributed by atoms with Gasteiger partial charge in [-0.1, -0.05) is 0 Å². The fourth-order valence-electron chi connectivity index (χ4n) is 2.63. The molecule has 2 heterocycles. The SMILES string of the molecule is COc1cc(/C=C/C(=O)OCC(=O)N[C@H](C)c2ccco2)cc2c1OCCO2. The van der Waals surface area contributed by atoms with Gasteiger partial charge in [-0.15, -0.1) is 0 Å². The maximum atomic E-state index is 11.9. The molecule has 0 saturated carbocycles. The normalized spacial score (nSPS) is 13.8. The number of methoxy groups -OCH3 is 1. The molecule has 0 radical (unpaired) electrons. The molecule has 1 aliphatic rings. The van der Waals surface area contributed by atoms with E-state index in [-0.39, 0.29) is 6.04 Å². The number of furan rings is 1. The Balaban J connectivity index is 1.53. The highest BCUT2D eigenvalue weighted by Crippen LogP contribution is 2.40. The lowest BCUT2D eigenvalue weighted by Gasteiger charge is -2.20. The molecule has 1 aliphatic heterocycles. The number of fused-ring (bicyclic) bond motifs is 1. The molecule has 1 aromatic heterocycles. The van der Waals surface area contributed by atoms with E-state index in [0.29, 0.717) is 41.8 Å². The maximum absolute atomic E-state index is 11.9. The fourth-order valence-corrected chi connectivity index (χ4v) is 2.63. The van der Waals surface area contributed by atoms with Gasteiger partial charge in [0, 0.05) is 6.08 Å². The van der Waals surface area contributed by atoms with Crippen LogP contribution in [0.1, 0.15) is 24.3 Å². The van der Waals surface area contributed by atoms with E-state index in [9.17, 15) is 9.59 Å². The molecule has 3 rings (SSSR count). The number of benzene rings is 1. The van der Waals surface area contributed by atoms with Gasteiger partial charge in [0.25, 0.3) is 5.91 Å². The second kappa shape index (κ2) is 8.98. The lowest BCUT2D eigenvalue weighted by atomic mass is 10.1. The predicted octanol–water partition coefficient (Wildman–Crippen LogP) is 2.49. The van der Waals surface area contributed by atoms with Crippen LogP contribution in [0.2, 0.25) is 0 Å². The molecule has 0 bridgehead atoms. The minimum atomic E-state index is -0.644. The number of carbonyl (C=O) groups excluding carboxylic acids is 2. The molecule has 1 N–H and O–H groups in total. The van der Waals surface area contributed by atoms with Crippen molar-refractivity contribution < 1.29 is 33.0 Å². The standard InChI is InChI=1S/C20H21NO7/c1-13(15-4-3-7-25-15)21-18(22)12-28-19(23)6-5-14-10-16(24-2)20-17(11-14)26-8-9-27-20/h3-7,10-11,13H,8-9,12H2,1-2H3,(H,21,22)/b6-5+/t13-/m1/s1. The number of ether oxygens (including phenoxy) is 4. The molecular formula is C20H21NO7. The van der Waals surface area contributed by atoms with Crippen molar-refractivity contribution in [2.24, 2.45) is 0 Å². The minimum Gasteiger partial charge on any atom is -0.493 e. The van der Waals surface area contributed by atoms with E-state index in [1.807, 2.05) is 0 Å². The van der Waals surface area contributed by atoms with Gasteiger partial charge < -0.3 is 28.7 Å². The van der Waals surface area contributed by atoms with Gasteiger partial charge in [-0.25, -0.2) is 4.79 Å². The lowest BCUT2D eigenvalue weighted by molar-refractivity contribution is -0.144. The first-order chi connectivity index (χ1) is 13.6. The number of hydrogen-bond donors (Lipinski definition) is 1. The average Bonchev–Trinajstić information content (AvgIpc) is 3.25. The van der Waals surface area contributed by atoms with Gasteiger partial charge in [0.2, 0.25) is 5.75 Å². The summed E-state index contributed by atoms with van der Waals surface area (Å²) in [5, 5.41) is 2.68. The lowest BCUT2D eigenvalue weighted by Crippen LogP contribution is -2.30. The Labute approximate surface area is 162 Å². The summed E-state index contributed by atoms with van der Waals surface area (Å²) in [5.74, 6) is 1.14. The topological polar surface area (TPSA) is 96.2 Å². The second-order valence-corrected chi connectivity index (χ2v) is 5.99. The monoisotopic (exact) mass is 387 g/mol. The highest BCUT2D eigenvalue weighted by Gasteiger charge is 2.18. The van der Waals surface area contributed by atoms with Crippen LogP contribution in [0.5, 0.6) is 17.2 Å². The third-order valence-corrected chi connectivity index (χ3v) is 3.96. The summed E-state index contributed by atoms with van der Waals surface area (Å²) in [5.41, 5.74) is 0.675. The Hall–Kier alpha value is -3.42. The number of hydrogen-bond acceptors (Lipinski definition) is 7. The number of rotatable bonds is 7. The average molecular weight is 387 g/mol. The van der Waals surface area contributed by atoms with Crippen LogP contribution in [-0.2, 0) is 14.3 Å². The fraction of sp³-hybridized carbons (Fsp3) is 0.300. The van der Waals surface area contributed by atoms with Crippen LogP contribution in [0.4, 0.5) is 0 Å². The predicted molar refractivity (Wildman–Crippen MR) is 99.2 cm³/mol. The smallest absolute Gasteiger partial charge is 0.331 e. The molecule has 28 heavy (non-hydrogen) atoms. The Bertz CT molecular complexity index is 840. The molecule has 0 unspecified atom stereocenters. The van der Waals surface area contributed by atoms with Crippen molar-refractivity contribution in [3.8, 4) is 17.2 Å². The first-order valence-electron chi connectivity index (χ1n) is 8.72. The van der Waals surface area contributed by atoms with Gasteiger partial charge in [-0.3, -0.25) is 4.79 Å². The molecule has 1 aromatic carbocycles. The number of amides is 1. The zero-order valence-electron chi connectivity index (χ0n) is 15.6. The highest BCUT2D eigenvalue weighted by molar-refractivity contribution is 5.89. The van der Waals surface area contributed by atoms with Crippen LogP contribution < -0.4 is 19.5 Å². The molecule has 0 fully saturated rings. The van der Waals surface area contributed by atoms with E-state index in [2.05, 4.69) is 5.32 Å². The number of nitrogens with one attached hydrogen (secondary N) is 1. The Morgan fingerprint density at radius 3 is 2.86 bits per heavy atom. The highest BCUT2D eigenvalue weighted by atomic mass is 16.6. The third-order valence-electron chi connectivity index (χ3n) is 3.96. The van der Waals surface area contributed by atoms with Crippen LogP contribution in [0, 0.1) is 0 Å². The summed E-state index contributed by atoms with van der Waals surface area (Å²) in [6.45, 7) is 2.27. The quantitative estimate of drug-likeness (QED) is 0.576. The van der Waals surface area contributed by atoms with Crippen LogP contribution in [0.15, 0.2) is 41.0 Å². The van der Waals surface area contributed by atoms with Gasteiger partial charge in [0.1, 0.15) is 19.0 Å². The molecule has 2 aromatic rings. The first kappa shape index (κ1) is 19.3. The van der Waals surface area contributed by atoms with Crippen molar-refractivity contribution in [3.63, 3.8) is 0 Å². The molecular weight excluding hydrogens is 366 g/mol. The molecule has 8 nitrogen and oxygen atoms in total. The number of carbonyl (C=O) groups is 2. The van der Waals surface area contributed by atoms with Gasteiger partial charge in [-0.05, 0) is 42.8 Å². The van der Waals surface area contributed by atoms with Crippen molar-refractivity contribution >= 4 is 18.0 Å². The van der Waals surface area contributed by atoms with E-state index in [4.69, 9.17) is 23.4 Å². The zero-order chi connectivity index (χ0) is 19.9. The third kappa shape index (κ3) is 4.85. The largest absolute Gasteiger partial charge is 0.493 e. The summed E-state index contributed by atoms with van der Waals surface area (Å²) < 4.78 is 26.5. The second-order valence-electron chi connectivity index (χ2n) is 5.99. The van der Waals surface area contributed by atoms with Gasteiger partial charge in [0.15, 0.2) is 18.1 Å². The van der Waals surface area contributed by atoms with Crippen molar-refractivity contribution in [1.82, 2.24) is 5.32 Å². The van der Waals surface area contributed by atoms with Crippen molar-refractivity contribution in [2.45, 2.75) is 13.0 Å². The Kier molecular flexibility index (Phi) is 6.21. The van der Waals surface area contributed by atoms with Crippen molar-refractivity contribution in [3.05, 3.63) is 47.9 Å². The van der Waals surface area contributed by atoms with Gasteiger partial charge in [-0.2, -0.15) is 0 Å². The summed E-state index contributed by atoms with van der Waals surface area (Å²) in [6.07, 6.45) is 4.30. The zero-order valence-corrected chi connectivity index (χ0v) is 15.6. The molecule has 148 valence electrons. The molecule has 8 heteroatoms. The van der Waals surface area contributed by atoms with E-state index >= 15 is 0 Å². The Morgan fingerprint density at radius 1 is 1.29 bits per heavy atom. The van der Waals surface area contributed by atoms with E-state index in [0.717, 1.165) is 0 Å². The number of esters is 1. The van der Waals surface area contributed by atoms with Crippen molar-refractivity contribution in [1.29, 1.82) is 0 Å². The van der Waals surface area contributed by atoms with Gasteiger partial charge in [0.05, 0.1) is 19.4 Å². The van der Waals surface area contributed by atoms with Crippen molar-refractivity contribution in [2.75, 3.05) is 26.9 Å². The van der Waals surface area contributed by atoms with E-state index in [1.165, 1.54) is 19.4 Å². The molecule has 0 spiro atoms. The summed E-state index contributed by atoms with van der Waals surface area (Å²) in [4.78, 5) is 23.8. The van der Waals surface area contributed by atoms with Crippen LogP contribution in [0.3, 0.4) is 0 Å². The summed E-state index contributed by atoms with van der Waals surface area (Å²) in [6, 6.07) is 6.62. The minimum absolute atomic E-state index is 0.318. The van der Waals surface area contributed by atoms with Gasteiger partial charge >= 0.3 is 5.97 Å². The van der Waals surface area contributed by atoms with Crippen LogP contribution >= 0.6 is 0 Å². The summed E-state index contributed by atoms with van der Waals surface area (Å²) in [7, 11) is 1.53. The molecule has 0 saturated heterocycles.